The lowest BCUT2D eigenvalue weighted by Gasteiger charge is -2.43. The third kappa shape index (κ3) is 10.4. The fourth-order valence-corrected chi connectivity index (χ4v) is 14.0. The Morgan fingerprint density at radius 1 is 1.07 bits per heavy atom. The van der Waals surface area contributed by atoms with Crippen molar-refractivity contribution in [2.24, 2.45) is 17.3 Å². The summed E-state index contributed by atoms with van der Waals surface area (Å²) in [5.41, 5.74) is -1.15. The molecular formula is C45H55FN12O12P2SSi. The minimum atomic E-state index is -4.84. The van der Waals surface area contributed by atoms with Crippen molar-refractivity contribution in [1.29, 1.82) is 5.26 Å². The maximum atomic E-state index is 17.5. The molecule has 0 bridgehead atoms. The molecule has 11 atom stereocenters. The molecule has 394 valence electrons. The molecule has 4 fully saturated rings. The van der Waals surface area contributed by atoms with Crippen LogP contribution in [0.5, 0.6) is 0 Å². The van der Waals surface area contributed by atoms with E-state index in [-0.39, 0.29) is 66.2 Å². The summed E-state index contributed by atoms with van der Waals surface area (Å²) in [6.45, 7) is 15.1. The predicted molar refractivity (Wildman–Crippen MR) is 269 cm³/mol. The third-order valence-electron chi connectivity index (χ3n) is 14.0. The Kier molecular flexibility index (Phi) is 15.0. The van der Waals surface area contributed by atoms with E-state index in [0.29, 0.717) is 12.0 Å². The molecule has 9 rings (SSSR count). The number of rotatable bonds is 14. The highest BCUT2D eigenvalue weighted by Gasteiger charge is 2.75. The molecule has 29 heteroatoms. The second-order valence-corrected chi connectivity index (χ2v) is 29.5. The largest absolute Gasteiger partial charge is 0.475 e. The second-order valence-electron chi connectivity index (χ2n) is 20.2. The fourth-order valence-electron chi connectivity index (χ4n) is 9.08. The number of fused-ring (bicyclic) bond motifs is 3. The van der Waals surface area contributed by atoms with Crippen molar-refractivity contribution in [2.75, 3.05) is 43.6 Å². The first-order valence-corrected chi connectivity index (χ1v) is 30.7. The van der Waals surface area contributed by atoms with Gasteiger partial charge in [0.25, 0.3) is 11.5 Å². The van der Waals surface area contributed by atoms with Crippen LogP contribution in [0.25, 0.3) is 27.2 Å². The number of hydrogen-bond donors (Lipinski definition) is 3. The molecule has 2 saturated heterocycles. The van der Waals surface area contributed by atoms with Crippen molar-refractivity contribution >= 4 is 80.6 Å². The van der Waals surface area contributed by atoms with E-state index in [9.17, 15) is 19.6 Å². The van der Waals surface area contributed by atoms with Crippen LogP contribution in [0.3, 0.4) is 0 Å². The minimum Gasteiger partial charge on any atom is -0.409 e. The van der Waals surface area contributed by atoms with E-state index in [4.69, 9.17) is 54.7 Å². The number of phosphoric ester groups is 1. The normalized spacial score (nSPS) is 30.1. The number of nitrogens with zero attached hydrogens (tertiary/aromatic N) is 9. The van der Waals surface area contributed by atoms with Crippen LogP contribution in [0.1, 0.15) is 70.1 Å². The zero-order chi connectivity index (χ0) is 53.0. The van der Waals surface area contributed by atoms with Crippen LogP contribution in [0.4, 0.5) is 16.2 Å². The van der Waals surface area contributed by atoms with Crippen LogP contribution < -0.4 is 16.2 Å². The van der Waals surface area contributed by atoms with E-state index >= 15 is 8.96 Å². The number of ether oxygens (including phenoxy) is 1. The number of benzene rings is 1. The van der Waals surface area contributed by atoms with Crippen molar-refractivity contribution < 1.29 is 54.8 Å². The lowest BCUT2D eigenvalue weighted by molar-refractivity contribution is -0.118. The molecule has 0 radical (unpaired) electrons. The molecule has 4 aliphatic rings. The summed E-state index contributed by atoms with van der Waals surface area (Å²) >= 11 is 6.08. The number of anilines is 2. The van der Waals surface area contributed by atoms with Crippen LogP contribution in [-0.2, 0) is 57.5 Å². The van der Waals surface area contributed by atoms with Gasteiger partial charge < -0.3 is 32.9 Å². The highest BCUT2D eigenvalue weighted by Crippen LogP contribution is 2.74. The van der Waals surface area contributed by atoms with Gasteiger partial charge in [0.15, 0.2) is 48.9 Å². The highest BCUT2D eigenvalue weighted by atomic mass is 32.5. The summed E-state index contributed by atoms with van der Waals surface area (Å²) in [6.07, 6.45) is -5.00. The van der Waals surface area contributed by atoms with Crippen molar-refractivity contribution in [2.45, 2.75) is 108 Å². The van der Waals surface area contributed by atoms with Gasteiger partial charge in [0.1, 0.15) is 31.2 Å². The molecule has 2 amide bonds. The maximum Gasteiger partial charge on any atom is 0.475 e. The molecule has 6 heterocycles. The number of phosphoric acid groups is 1. The molecule has 4 aromatic heterocycles. The second kappa shape index (κ2) is 20.7. The number of nitriles is 1. The number of amides is 2. The van der Waals surface area contributed by atoms with Gasteiger partial charge in [-0.05, 0) is 54.4 Å². The van der Waals surface area contributed by atoms with Gasteiger partial charge in [-0.25, -0.2) is 35.5 Å². The average molecular weight is 1100 g/mol. The number of imidazole rings is 2. The monoisotopic (exact) mass is 1100 g/mol. The summed E-state index contributed by atoms with van der Waals surface area (Å²) in [7, 11) is -7.68. The Bertz CT molecular complexity index is 3200. The highest BCUT2D eigenvalue weighted by molar-refractivity contribution is 8.07. The fraction of sp³-hybridized carbons (Fsp3) is 0.556. The quantitative estimate of drug-likeness (QED) is 0.0436. The Morgan fingerprint density at radius 2 is 1.81 bits per heavy atom. The molecule has 2 saturated carbocycles. The third-order valence-corrected chi connectivity index (χ3v) is 22.3. The number of nitrogens with one attached hydrogen (secondary N) is 3. The average Bonchev–Trinajstić information content (AvgIpc) is 3.60. The van der Waals surface area contributed by atoms with E-state index in [0.717, 1.165) is 0 Å². The van der Waals surface area contributed by atoms with E-state index in [1.165, 1.54) is 23.5 Å². The lowest BCUT2D eigenvalue weighted by atomic mass is 10.0. The topological polar surface area (TPSA) is 284 Å². The van der Waals surface area contributed by atoms with Gasteiger partial charge >= 0.3 is 14.5 Å². The summed E-state index contributed by atoms with van der Waals surface area (Å²) in [5, 5.41) is 14.5. The van der Waals surface area contributed by atoms with Crippen LogP contribution in [-0.4, -0.2) is 123 Å². The molecule has 2 aliphatic heterocycles. The Morgan fingerprint density at radius 3 is 2.53 bits per heavy atom. The number of H-pyrrole nitrogens is 1. The number of carbonyl (C=O) groups excluding carboxylic acids is 2. The Hall–Kier alpha value is -5.25. The molecule has 2 aliphatic carbocycles. The first kappa shape index (κ1) is 53.6. The first-order chi connectivity index (χ1) is 35.1. The van der Waals surface area contributed by atoms with Gasteiger partial charge in [0.2, 0.25) is 18.4 Å². The van der Waals surface area contributed by atoms with Gasteiger partial charge in [0, 0.05) is 16.9 Å². The van der Waals surface area contributed by atoms with E-state index in [2.05, 4.69) is 45.4 Å². The van der Waals surface area contributed by atoms with Crippen molar-refractivity contribution in [3.05, 3.63) is 76.6 Å². The van der Waals surface area contributed by atoms with Crippen LogP contribution in [0.15, 0.2) is 54.1 Å². The molecule has 3 N–H and O–H groups in total. The van der Waals surface area contributed by atoms with E-state index in [1.54, 1.807) is 48.7 Å². The number of hydrogen-bond acceptors (Lipinski definition) is 19. The molecule has 74 heavy (non-hydrogen) atoms. The number of alkyl halides is 1. The number of carbonyl (C=O) groups is 2. The van der Waals surface area contributed by atoms with Gasteiger partial charge in [-0.2, -0.15) is 10.2 Å². The SMILES string of the molecule is [C-]#[N+]CCOP1(=S)OC[C@]23C[C@@H]2[C@@H](n2cnc4c(=O)[nH]c(NC(=O)C(C)C)nc42)[C@H](O[Si](C)(C)C(C)(C)C)[C@@H]3OP(=O)(OCCC#N)OC[C@H]2O[C@@H](n3cnc4c(NC(=O)c5ccccc5)ncnc43)[C@H](F)[C@@H]2O1. The van der Waals surface area contributed by atoms with Crippen LogP contribution >= 0.6 is 14.5 Å². The predicted octanol–water partition coefficient (Wildman–Crippen LogP) is 7.01. The number of aromatic amines is 1. The summed E-state index contributed by atoms with van der Waals surface area (Å²) in [4.78, 5) is 67.5. The summed E-state index contributed by atoms with van der Waals surface area (Å²) in [6, 6.07) is 9.63. The van der Waals surface area contributed by atoms with Crippen LogP contribution in [0, 0.1) is 35.2 Å². The standard InChI is InChI=1S/C45H55FN12O12P2SSi/c1-25(2)39(59)55-43-54-38-31(41(61)56-43)52-23-57(38)32-27-19-45(27)21-66-72(73,64-18-16-48-6)68-33-28(20-65-71(62,63-17-12-15-47)69-35(45)34(32)70-74(7,8)44(3,4)5)67-42(29(33)46)58-24-51-30-36(49-22-50-37(30)58)53-40(60)26-13-10-9-11-14-26/h9-11,13-14,22-25,27-29,32-35,42H,12,16-21H2,1-5,7-8H3,(H,49,50,53,60)(H2,54,55,56,59,61)/t27-,28-,29-,32-,33-,34+,35+,42-,45-,71?,72?/m1/s1. The zero-order valence-electron chi connectivity index (χ0n) is 41.4. The Balaban J connectivity index is 1.11. The maximum absolute atomic E-state index is 17.5. The van der Waals surface area contributed by atoms with Gasteiger partial charge in [-0.15, -0.1) is 0 Å². The van der Waals surface area contributed by atoms with Gasteiger partial charge in [-0.1, -0.05) is 52.8 Å². The van der Waals surface area contributed by atoms with Crippen molar-refractivity contribution in [3.8, 4) is 6.07 Å². The number of halogens is 1. The smallest absolute Gasteiger partial charge is 0.409 e. The molecular weight excluding hydrogens is 1040 g/mol. The van der Waals surface area contributed by atoms with Crippen LogP contribution in [0.2, 0.25) is 18.1 Å². The lowest BCUT2D eigenvalue weighted by Crippen LogP contribution is -2.50. The molecule has 1 spiro atoms. The first-order valence-electron chi connectivity index (χ1n) is 23.8. The minimum absolute atomic E-state index is 0.0284. The summed E-state index contributed by atoms with van der Waals surface area (Å²) in [5.74, 6) is -1.84. The number of aromatic nitrogens is 8. The Labute approximate surface area is 430 Å². The summed E-state index contributed by atoms with van der Waals surface area (Å²) < 4.78 is 87.4. The van der Waals surface area contributed by atoms with E-state index in [1.807, 2.05) is 39.9 Å². The van der Waals surface area contributed by atoms with Crippen molar-refractivity contribution in [1.82, 2.24) is 39.0 Å². The van der Waals surface area contributed by atoms with Gasteiger partial charge in [-0.3, -0.25) is 47.3 Å². The molecule has 24 nitrogen and oxygen atoms in total. The van der Waals surface area contributed by atoms with E-state index < -0.39 is 113 Å². The molecule has 5 aromatic rings. The van der Waals surface area contributed by atoms with Crippen molar-refractivity contribution in [3.63, 3.8) is 0 Å². The molecule has 1 aromatic carbocycles. The van der Waals surface area contributed by atoms with Gasteiger partial charge in [0.05, 0.1) is 57.1 Å². The zero-order valence-corrected chi connectivity index (χ0v) is 45.0. The molecule has 2 unspecified atom stereocenters.